The Labute approximate surface area is 481 Å². The fraction of sp³-hybridized carbons (Fsp3) is 0.912. The molecule has 32 atom stereocenters. The van der Waals surface area contributed by atoms with Gasteiger partial charge in [-0.1, -0.05) is 51.5 Å². The molecular weight excluding hydrogens is 1100 g/mol. The van der Waals surface area contributed by atoms with Gasteiger partial charge in [-0.05, 0) is 99.2 Å². The number of hydrogen-bond acceptors (Lipinski definition) is 26. The van der Waals surface area contributed by atoms with Gasteiger partial charge in [-0.3, -0.25) is 4.79 Å². The Morgan fingerprint density at radius 2 is 1.23 bits per heavy atom. The van der Waals surface area contributed by atoms with Crippen molar-refractivity contribution in [3.05, 3.63) is 23.8 Å². The third-order valence-corrected chi connectivity index (χ3v) is 22.3. The van der Waals surface area contributed by atoms with Gasteiger partial charge < -0.3 is 124 Å². The highest BCUT2D eigenvalue weighted by Crippen LogP contribution is 2.75. The first kappa shape index (κ1) is 64.0. The van der Waals surface area contributed by atoms with Crippen molar-refractivity contribution < 1.29 is 129 Å². The number of allylic oxidation sites excluding steroid dienone is 3. The monoisotopic (exact) mass is 1190 g/mol. The minimum absolute atomic E-state index is 0.0702. The largest absolute Gasteiger partial charge is 0.432 e. The van der Waals surface area contributed by atoms with E-state index in [-0.39, 0.29) is 41.8 Å². The van der Waals surface area contributed by atoms with E-state index in [0.717, 1.165) is 17.6 Å². The lowest BCUT2D eigenvalue weighted by molar-refractivity contribution is -0.384. The Hall–Kier alpha value is -2.01. The zero-order valence-electron chi connectivity index (χ0n) is 47.7. The second kappa shape index (κ2) is 24.1. The summed E-state index contributed by atoms with van der Waals surface area (Å²) in [7, 11) is 0. The molecule has 0 spiro atoms. The van der Waals surface area contributed by atoms with Crippen molar-refractivity contribution in [2.45, 2.75) is 246 Å². The van der Waals surface area contributed by atoms with E-state index < -0.39 is 189 Å². The van der Waals surface area contributed by atoms with Gasteiger partial charge in [0.15, 0.2) is 25.2 Å². The van der Waals surface area contributed by atoms with Crippen LogP contribution < -0.4 is 0 Å². The SMILES string of the molecule is C=C1CC[C@]2(C(=O)O[C@@H]3O[C@H](CO[C@@H]4O[C@H](CO)[C@H](O)[C@H](O)[C@H]4O)[C@H](O)[C@H](O)[C@H]3O)CC[C@]3(C)C(=CC[C@@H]4[C@@]5(C)CC[C@H](O[C@@H]6OC[C@H](O)[C@H](O[C@@H]7OC[C@@H](O)[C@H](O)[C@H]7O)[C@H]6O[C@@H]6O[C@@H](C)[C@H](O)[C@@H](O)[C@H]6O)[C@@](C)(CO)[C@@H]5CC[C@]43C)[C@@H]2C1. The summed E-state index contributed by atoms with van der Waals surface area (Å²) in [5.74, 6) is -1.07. The Morgan fingerprint density at radius 3 is 1.93 bits per heavy atom. The van der Waals surface area contributed by atoms with Crippen LogP contribution in [0.5, 0.6) is 0 Å². The fourth-order valence-electron chi connectivity index (χ4n) is 16.9. The summed E-state index contributed by atoms with van der Waals surface area (Å²) >= 11 is 0. The molecule has 0 aromatic heterocycles. The lowest BCUT2D eigenvalue weighted by Gasteiger charge is -2.71. The van der Waals surface area contributed by atoms with E-state index in [2.05, 4.69) is 33.4 Å². The molecule has 0 bridgehead atoms. The molecule has 0 aromatic carbocycles. The van der Waals surface area contributed by atoms with Gasteiger partial charge in [-0.2, -0.15) is 0 Å². The molecule has 10 aliphatic rings. The molecule has 474 valence electrons. The lowest BCUT2D eigenvalue weighted by Crippen LogP contribution is -2.67. The maximum absolute atomic E-state index is 15.0. The average Bonchev–Trinajstić information content (AvgIpc) is 0.802. The van der Waals surface area contributed by atoms with Crippen LogP contribution in [-0.2, 0) is 52.2 Å². The fourth-order valence-corrected chi connectivity index (χ4v) is 16.9. The molecule has 15 N–H and O–H groups in total. The van der Waals surface area contributed by atoms with Crippen LogP contribution in [0.25, 0.3) is 0 Å². The number of carbonyl (C=O) groups is 1. The Morgan fingerprint density at radius 1 is 0.614 bits per heavy atom. The first-order chi connectivity index (χ1) is 39.1. The lowest BCUT2D eigenvalue weighted by atomic mass is 9.34. The topological polar surface area (TPSA) is 413 Å². The van der Waals surface area contributed by atoms with E-state index in [0.29, 0.717) is 57.8 Å². The van der Waals surface area contributed by atoms with Crippen LogP contribution in [-0.4, -0.2) is 263 Å². The summed E-state index contributed by atoms with van der Waals surface area (Å²) in [6.45, 7) is 12.4. The first-order valence-corrected chi connectivity index (χ1v) is 29.5. The summed E-state index contributed by atoms with van der Waals surface area (Å²) in [4.78, 5) is 15.0. The van der Waals surface area contributed by atoms with Crippen molar-refractivity contribution in [1.29, 1.82) is 0 Å². The van der Waals surface area contributed by atoms with Crippen LogP contribution in [0.1, 0.15) is 98.8 Å². The van der Waals surface area contributed by atoms with Crippen LogP contribution in [0, 0.1) is 44.8 Å². The second-order valence-corrected chi connectivity index (χ2v) is 26.6. The van der Waals surface area contributed by atoms with Crippen molar-refractivity contribution in [2.75, 3.05) is 33.0 Å². The molecule has 0 unspecified atom stereocenters. The third-order valence-electron chi connectivity index (χ3n) is 22.3. The highest BCUT2D eigenvalue weighted by Gasteiger charge is 2.70. The van der Waals surface area contributed by atoms with Gasteiger partial charge in [0, 0.05) is 11.3 Å². The van der Waals surface area contributed by atoms with E-state index in [1.54, 1.807) is 0 Å². The summed E-state index contributed by atoms with van der Waals surface area (Å²) in [5, 5.41) is 161. The van der Waals surface area contributed by atoms with E-state index in [1.807, 2.05) is 6.92 Å². The second-order valence-electron chi connectivity index (χ2n) is 26.6. The summed E-state index contributed by atoms with van der Waals surface area (Å²) in [6, 6.07) is 0. The summed E-state index contributed by atoms with van der Waals surface area (Å²) in [5.41, 5.74) is -1.10. The maximum atomic E-state index is 15.0. The number of fused-ring (bicyclic) bond motifs is 7. The van der Waals surface area contributed by atoms with Gasteiger partial charge in [0.05, 0.1) is 50.7 Å². The Kier molecular flexibility index (Phi) is 18.6. The number of hydrogen-bond donors (Lipinski definition) is 15. The Bertz CT molecular complexity index is 2330. The van der Waals surface area contributed by atoms with Crippen LogP contribution in [0.2, 0.25) is 0 Å². The zero-order chi connectivity index (χ0) is 60.2. The molecular formula is C57H90O26. The van der Waals surface area contributed by atoms with Gasteiger partial charge >= 0.3 is 5.97 Å². The molecule has 26 heteroatoms. The Balaban J connectivity index is 0.873. The summed E-state index contributed by atoms with van der Waals surface area (Å²) in [6.07, 6.45) is -29.5. The van der Waals surface area contributed by atoms with Crippen LogP contribution in [0.4, 0.5) is 0 Å². The molecule has 5 saturated heterocycles. The molecule has 83 heavy (non-hydrogen) atoms. The highest BCUT2D eigenvalue weighted by atomic mass is 16.8. The smallest absolute Gasteiger partial charge is 0.315 e. The van der Waals surface area contributed by atoms with Gasteiger partial charge in [-0.15, -0.1) is 0 Å². The number of rotatable bonds is 13. The first-order valence-electron chi connectivity index (χ1n) is 29.5. The molecule has 0 amide bonds. The molecule has 0 radical (unpaired) electrons. The van der Waals surface area contributed by atoms with Crippen molar-refractivity contribution in [3.8, 4) is 0 Å². The number of ether oxygens (including phenoxy) is 10. The van der Waals surface area contributed by atoms with Gasteiger partial charge in [0.25, 0.3) is 0 Å². The number of aliphatic hydroxyl groups is 15. The van der Waals surface area contributed by atoms with Crippen molar-refractivity contribution >= 4 is 5.97 Å². The van der Waals surface area contributed by atoms with E-state index in [4.69, 9.17) is 47.4 Å². The van der Waals surface area contributed by atoms with Crippen molar-refractivity contribution in [2.24, 2.45) is 44.8 Å². The van der Waals surface area contributed by atoms with Crippen molar-refractivity contribution in [3.63, 3.8) is 0 Å². The normalized spacial score (nSPS) is 54.8. The molecule has 5 aliphatic heterocycles. The van der Waals surface area contributed by atoms with Gasteiger partial charge in [0.1, 0.15) is 104 Å². The summed E-state index contributed by atoms with van der Waals surface area (Å²) < 4.78 is 60.0. The maximum Gasteiger partial charge on any atom is 0.315 e. The minimum atomic E-state index is -1.87. The zero-order valence-corrected chi connectivity index (χ0v) is 47.7. The van der Waals surface area contributed by atoms with E-state index in [9.17, 15) is 76.6 Å². The molecule has 26 nitrogen and oxygen atoms in total. The number of esters is 1. The minimum Gasteiger partial charge on any atom is -0.432 e. The quantitative estimate of drug-likeness (QED) is 0.0485. The average molecular weight is 1190 g/mol. The molecule has 4 saturated carbocycles. The third kappa shape index (κ3) is 10.7. The molecule has 10 rings (SSSR count). The van der Waals surface area contributed by atoms with Crippen LogP contribution in [0.3, 0.4) is 0 Å². The molecule has 0 aromatic rings. The van der Waals surface area contributed by atoms with Crippen LogP contribution >= 0.6 is 0 Å². The number of aliphatic hydroxyl groups excluding tert-OH is 15. The number of carbonyl (C=O) groups excluding carboxylic acids is 1. The highest BCUT2D eigenvalue weighted by molar-refractivity contribution is 5.79. The van der Waals surface area contributed by atoms with Gasteiger partial charge in [-0.25, -0.2) is 0 Å². The molecule has 5 aliphatic carbocycles. The van der Waals surface area contributed by atoms with Gasteiger partial charge in [0.2, 0.25) is 6.29 Å². The van der Waals surface area contributed by atoms with Crippen LogP contribution in [0.15, 0.2) is 23.8 Å². The van der Waals surface area contributed by atoms with Crippen molar-refractivity contribution in [1.82, 2.24) is 0 Å². The van der Waals surface area contributed by atoms with E-state index >= 15 is 4.79 Å². The predicted molar refractivity (Wildman–Crippen MR) is 279 cm³/mol. The molecule has 5 heterocycles. The predicted octanol–water partition coefficient (Wildman–Crippen LogP) is -3.40. The standard InChI is InChI=1S/C57H90O26/c1-23-9-14-57(52(73)83-50-44(72)40(68)37(65)30(79-50)21-76-47-42(70)39(67)36(64)29(18-58)78-47)16-15-55(5)25(26(57)17-23)7-8-32-53(3)12-11-33(54(4,22-59)31(53)10-13-56(32,55)6)80-51-46(82-49-43(71)38(66)34(62)24(2)77-49)45(28(61)20-75-51)81-48-41(69)35(63)27(60)19-74-48/h7,24,26-51,58-72H,1,8-22H2,2-6H3/t24-,26-,27+,28-,29+,30+,31+,32+,33-,34-,35-,36-,37-,38+,39-,40-,41+,42+,43+,44+,45-,46+,47+,48-,49-,50-,51-,53-,54-,55+,56+,57-/m0/s1. The molecule has 9 fully saturated rings. The van der Waals surface area contributed by atoms with E-state index in [1.165, 1.54) is 6.92 Å².